The van der Waals surface area contributed by atoms with E-state index in [1.165, 1.54) is 22.6 Å². The average Bonchev–Trinajstić information content (AvgIpc) is 3.05. The van der Waals surface area contributed by atoms with E-state index in [1.54, 1.807) is 17.8 Å². The van der Waals surface area contributed by atoms with Gasteiger partial charge in [0, 0.05) is 24.5 Å². The smallest absolute Gasteiger partial charge is 0.237 e. The van der Waals surface area contributed by atoms with E-state index in [0.29, 0.717) is 13.1 Å². The van der Waals surface area contributed by atoms with E-state index in [-0.39, 0.29) is 35.4 Å². The van der Waals surface area contributed by atoms with E-state index in [2.05, 4.69) is 17.4 Å². The van der Waals surface area contributed by atoms with Crippen molar-refractivity contribution in [3.63, 3.8) is 0 Å². The van der Waals surface area contributed by atoms with Crippen LogP contribution in [-0.2, 0) is 11.2 Å². The fourth-order valence-corrected chi connectivity index (χ4v) is 4.75. The molecular formula is C19H20ClFN2OS. The molecule has 0 aliphatic carbocycles. The van der Waals surface area contributed by atoms with Gasteiger partial charge in [0.2, 0.25) is 5.91 Å². The van der Waals surface area contributed by atoms with Crippen LogP contribution in [0.2, 0.25) is 0 Å². The predicted octanol–water partition coefficient (Wildman–Crippen LogP) is 3.44. The number of amides is 1. The van der Waals surface area contributed by atoms with Crippen molar-refractivity contribution >= 4 is 30.1 Å². The molecule has 2 unspecified atom stereocenters. The normalized spacial score (nSPS) is 22.2. The Kier molecular flexibility index (Phi) is 5.67. The molecule has 1 saturated heterocycles. The third-order valence-corrected chi connectivity index (χ3v) is 5.99. The lowest BCUT2D eigenvalue weighted by molar-refractivity contribution is -0.133. The van der Waals surface area contributed by atoms with Crippen molar-refractivity contribution in [2.75, 3.05) is 19.6 Å². The van der Waals surface area contributed by atoms with Gasteiger partial charge in [-0.15, -0.1) is 24.2 Å². The van der Waals surface area contributed by atoms with Crippen molar-refractivity contribution in [2.24, 2.45) is 0 Å². The number of hydrogen-bond donors (Lipinski definition) is 1. The first kappa shape index (κ1) is 18.2. The third-order valence-electron chi connectivity index (χ3n) is 4.68. The number of thioether (sulfide) groups is 1. The van der Waals surface area contributed by atoms with Crippen molar-refractivity contribution in [1.29, 1.82) is 0 Å². The van der Waals surface area contributed by atoms with Crippen LogP contribution in [0.5, 0.6) is 0 Å². The highest BCUT2D eigenvalue weighted by atomic mass is 35.5. The number of benzene rings is 2. The van der Waals surface area contributed by atoms with Gasteiger partial charge in [-0.25, -0.2) is 4.39 Å². The summed E-state index contributed by atoms with van der Waals surface area (Å²) in [6.45, 7) is 2.11. The summed E-state index contributed by atoms with van der Waals surface area (Å²) in [6.07, 6.45) is 0.777. The second-order valence-electron chi connectivity index (χ2n) is 6.22. The molecule has 132 valence electrons. The molecule has 1 N–H and O–H groups in total. The number of hydrogen-bond acceptors (Lipinski definition) is 3. The summed E-state index contributed by atoms with van der Waals surface area (Å²) in [5, 5.41) is 3.25. The molecule has 2 atom stereocenters. The summed E-state index contributed by atoms with van der Waals surface area (Å²) in [4.78, 5) is 16.2. The molecule has 0 radical (unpaired) electrons. The number of nitrogens with one attached hydrogen (secondary N) is 1. The van der Waals surface area contributed by atoms with E-state index in [0.717, 1.165) is 18.5 Å². The SMILES string of the molecule is Cl.O=C(C1Cc2ccccc2S1)N1CCNCC1c1cccc(F)c1. The Morgan fingerprint density at radius 3 is 2.84 bits per heavy atom. The molecular weight excluding hydrogens is 359 g/mol. The summed E-state index contributed by atoms with van der Waals surface area (Å²) in [5.74, 6) is -0.0971. The second-order valence-corrected chi connectivity index (χ2v) is 7.47. The van der Waals surface area contributed by atoms with Gasteiger partial charge < -0.3 is 10.2 Å². The molecule has 0 saturated carbocycles. The van der Waals surface area contributed by atoms with Gasteiger partial charge in [0.05, 0.1) is 11.3 Å². The number of nitrogens with zero attached hydrogens (tertiary/aromatic N) is 1. The number of piperazine rings is 1. The summed E-state index contributed by atoms with van der Waals surface area (Å²) in [5.41, 5.74) is 2.11. The summed E-state index contributed by atoms with van der Waals surface area (Å²) < 4.78 is 13.6. The molecule has 4 rings (SSSR count). The predicted molar refractivity (Wildman–Crippen MR) is 101 cm³/mol. The van der Waals surface area contributed by atoms with E-state index in [4.69, 9.17) is 0 Å². The highest BCUT2D eigenvalue weighted by molar-refractivity contribution is 8.01. The number of halogens is 2. The van der Waals surface area contributed by atoms with Gasteiger partial charge >= 0.3 is 0 Å². The van der Waals surface area contributed by atoms with Crippen LogP contribution in [0, 0.1) is 5.82 Å². The largest absolute Gasteiger partial charge is 0.332 e. The van der Waals surface area contributed by atoms with Crippen LogP contribution in [-0.4, -0.2) is 35.7 Å². The van der Waals surface area contributed by atoms with Gasteiger partial charge in [-0.3, -0.25) is 4.79 Å². The Balaban J connectivity index is 0.00000182. The maximum atomic E-state index is 13.6. The molecule has 3 nitrogen and oxygen atoms in total. The van der Waals surface area contributed by atoms with Gasteiger partial charge in [-0.1, -0.05) is 30.3 Å². The van der Waals surface area contributed by atoms with Crippen LogP contribution in [0.4, 0.5) is 4.39 Å². The van der Waals surface area contributed by atoms with Crippen LogP contribution in [0.25, 0.3) is 0 Å². The Labute approximate surface area is 157 Å². The van der Waals surface area contributed by atoms with Crippen molar-refractivity contribution < 1.29 is 9.18 Å². The van der Waals surface area contributed by atoms with Crippen molar-refractivity contribution in [3.8, 4) is 0 Å². The lowest BCUT2D eigenvalue weighted by atomic mass is 10.0. The maximum absolute atomic E-state index is 13.6. The molecule has 2 aromatic rings. The first-order valence-corrected chi connectivity index (χ1v) is 9.11. The number of carbonyl (C=O) groups is 1. The number of carbonyl (C=O) groups excluding carboxylic acids is 1. The average molecular weight is 379 g/mol. The van der Waals surface area contributed by atoms with Crippen LogP contribution in [0.1, 0.15) is 17.2 Å². The zero-order valence-electron chi connectivity index (χ0n) is 13.7. The first-order valence-electron chi connectivity index (χ1n) is 8.23. The van der Waals surface area contributed by atoms with Gasteiger partial charge in [-0.05, 0) is 35.7 Å². The molecule has 2 aliphatic rings. The van der Waals surface area contributed by atoms with Crippen molar-refractivity contribution in [3.05, 3.63) is 65.5 Å². The summed E-state index contributed by atoms with van der Waals surface area (Å²) in [6, 6.07) is 14.7. The molecule has 0 aromatic heterocycles. The summed E-state index contributed by atoms with van der Waals surface area (Å²) >= 11 is 1.65. The van der Waals surface area contributed by atoms with Crippen LogP contribution in [0.3, 0.4) is 0 Å². The third kappa shape index (κ3) is 3.68. The van der Waals surface area contributed by atoms with E-state index >= 15 is 0 Å². The Morgan fingerprint density at radius 1 is 1.20 bits per heavy atom. The van der Waals surface area contributed by atoms with Crippen LogP contribution >= 0.6 is 24.2 Å². The highest BCUT2D eigenvalue weighted by Gasteiger charge is 2.36. The second kappa shape index (κ2) is 7.77. The molecule has 2 heterocycles. The van der Waals surface area contributed by atoms with Crippen LogP contribution in [0.15, 0.2) is 53.4 Å². The lowest BCUT2D eigenvalue weighted by Gasteiger charge is -2.38. The molecule has 1 amide bonds. The first-order chi connectivity index (χ1) is 11.7. The summed E-state index contributed by atoms with van der Waals surface area (Å²) in [7, 11) is 0. The minimum Gasteiger partial charge on any atom is -0.332 e. The molecule has 1 fully saturated rings. The lowest BCUT2D eigenvalue weighted by Crippen LogP contribution is -2.51. The molecule has 25 heavy (non-hydrogen) atoms. The Hall–Kier alpha value is -1.56. The van der Waals surface area contributed by atoms with Crippen molar-refractivity contribution in [2.45, 2.75) is 22.6 Å². The van der Waals surface area contributed by atoms with Gasteiger partial charge in [0.25, 0.3) is 0 Å². The van der Waals surface area contributed by atoms with Gasteiger partial charge in [0.1, 0.15) is 5.82 Å². The van der Waals surface area contributed by atoms with E-state index in [9.17, 15) is 9.18 Å². The standard InChI is InChI=1S/C19H19FN2OS.ClH/c20-15-6-3-5-13(10-15)16-12-21-8-9-22(16)19(23)18-11-14-4-1-2-7-17(14)24-18;/h1-7,10,16,18,21H,8-9,11-12H2;1H. The Bertz CT molecular complexity index is 748. The number of fused-ring (bicyclic) bond motifs is 1. The van der Waals surface area contributed by atoms with Gasteiger partial charge in [-0.2, -0.15) is 0 Å². The minimum absolute atomic E-state index is 0. The van der Waals surface area contributed by atoms with E-state index < -0.39 is 0 Å². The van der Waals surface area contributed by atoms with Crippen molar-refractivity contribution in [1.82, 2.24) is 10.2 Å². The number of rotatable bonds is 2. The fourth-order valence-electron chi connectivity index (χ4n) is 3.48. The van der Waals surface area contributed by atoms with Crippen LogP contribution < -0.4 is 5.32 Å². The molecule has 2 aromatic carbocycles. The van der Waals surface area contributed by atoms with E-state index in [1.807, 2.05) is 23.1 Å². The molecule has 6 heteroatoms. The minimum atomic E-state index is -0.256. The zero-order valence-corrected chi connectivity index (χ0v) is 15.3. The van der Waals surface area contributed by atoms with Gasteiger partial charge in [0.15, 0.2) is 0 Å². The molecule has 0 spiro atoms. The molecule has 0 bridgehead atoms. The zero-order chi connectivity index (χ0) is 16.5. The maximum Gasteiger partial charge on any atom is 0.237 e. The Morgan fingerprint density at radius 2 is 2.04 bits per heavy atom. The highest BCUT2D eigenvalue weighted by Crippen LogP contribution is 2.38. The fraction of sp³-hybridized carbons (Fsp3) is 0.316. The molecule has 2 aliphatic heterocycles. The monoisotopic (exact) mass is 378 g/mol. The quantitative estimate of drug-likeness (QED) is 0.868. The topological polar surface area (TPSA) is 32.3 Å².